The first-order valence-corrected chi connectivity index (χ1v) is 11.8. The van der Waals surface area contributed by atoms with Crippen LogP contribution in [0.3, 0.4) is 0 Å². The molecular weight excluding hydrogens is 652 g/mol. The van der Waals surface area contributed by atoms with Crippen molar-refractivity contribution in [1.82, 2.24) is 5.32 Å². The number of carbonyl (C=O) groups is 1. The highest BCUT2D eigenvalue weighted by Crippen LogP contribution is 2.32. The molecule has 0 saturated carbocycles. The van der Waals surface area contributed by atoms with Crippen LogP contribution >= 0.6 is 72.9 Å². The molecule has 1 amide bonds. The average Bonchev–Trinajstić information content (AvgIpc) is 2.91. The quantitative estimate of drug-likeness (QED) is 0.303. The minimum absolute atomic E-state index is 0.119. The third-order valence-electron chi connectivity index (χ3n) is 3.91. The molecule has 0 spiro atoms. The van der Waals surface area contributed by atoms with Crippen LogP contribution < -0.4 is 10.6 Å². The predicted molar refractivity (Wildman–Crippen MR) is 136 cm³/mol. The SMILES string of the molecule is CNc1c(I)cc(/C=C2\SC(=Nc3cc(C)c(Br)c(C)c3)NC2=O)cc1I. The molecule has 140 valence electrons. The molecular formula is C19H16BrI2N3OS. The zero-order chi connectivity index (χ0) is 19.7. The number of aliphatic imine (C=N–C) groups is 1. The zero-order valence-electron chi connectivity index (χ0n) is 14.8. The lowest BCUT2D eigenvalue weighted by Crippen LogP contribution is -2.19. The summed E-state index contributed by atoms with van der Waals surface area (Å²) >= 11 is 9.53. The monoisotopic (exact) mass is 667 g/mol. The lowest BCUT2D eigenvalue weighted by molar-refractivity contribution is -0.115. The molecule has 27 heavy (non-hydrogen) atoms. The third-order valence-corrected chi connectivity index (χ3v) is 7.78. The number of carbonyl (C=O) groups excluding carboxylic acids is 1. The first-order chi connectivity index (χ1) is 12.8. The number of hydrogen-bond donors (Lipinski definition) is 2. The highest BCUT2D eigenvalue weighted by atomic mass is 127. The minimum Gasteiger partial charge on any atom is -0.386 e. The van der Waals surface area contributed by atoms with Gasteiger partial charge in [0.15, 0.2) is 5.17 Å². The molecule has 3 rings (SSSR count). The Hall–Kier alpha value is -0.590. The standard InChI is InChI=1S/C19H16BrI2N3OS/c1-9-4-12(5-10(2)16(9)20)24-19-25-18(26)15(27-19)8-11-6-13(21)17(23-3)14(22)7-11/h4-8,23H,1-3H3,(H,24,25,26)/b15-8-. The van der Waals surface area contributed by atoms with E-state index < -0.39 is 0 Å². The number of aryl methyl sites for hydroxylation is 2. The molecule has 2 N–H and O–H groups in total. The van der Waals surface area contributed by atoms with Crippen molar-refractivity contribution >= 4 is 101 Å². The van der Waals surface area contributed by atoms with Crippen LogP contribution in [0.15, 0.2) is 38.6 Å². The average molecular weight is 668 g/mol. The number of benzene rings is 2. The van der Waals surface area contributed by atoms with E-state index in [4.69, 9.17) is 0 Å². The van der Waals surface area contributed by atoms with Gasteiger partial charge >= 0.3 is 0 Å². The Kier molecular flexibility index (Phi) is 6.91. The third kappa shape index (κ3) is 4.88. The Labute approximate surface area is 198 Å². The van der Waals surface area contributed by atoms with Crippen LogP contribution in [-0.2, 0) is 4.79 Å². The van der Waals surface area contributed by atoms with E-state index in [1.54, 1.807) is 0 Å². The molecule has 4 nitrogen and oxygen atoms in total. The van der Waals surface area contributed by atoms with E-state index in [0.717, 1.165) is 39.7 Å². The Morgan fingerprint density at radius 1 is 1.15 bits per heavy atom. The Bertz CT molecular complexity index is 958. The highest BCUT2D eigenvalue weighted by molar-refractivity contribution is 14.1. The molecule has 2 aromatic carbocycles. The number of nitrogens with one attached hydrogen (secondary N) is 2. The molecule has 0 aliphatic carbocycles. The van der Waals surface area contributed by atoms with Gasteiger partial charge in [0.05, 0.1) is 16.3 Å². The predicted octanol–water partition coefficient (Wildman–Crippen LogP) is 6.21. The second kappa shape index (κ2) is 8.83. The van der Waals surface area contributed by atoms with Gasteiger partial charge < -0.3 is 10.6 Å². The van der Waals surface area contributed by atoms with Gasteiger partial charge in [0.2, 0.25) is 0 Å². The minimum atomic E-state index is -0.119. The van der Waals surface area contributed by atoms with Gasteiger partial charge in [-0.1, -0.05) is 15.9 Å². The van der Waals surface area contributed by atoms with Crippen LogP contribution in [0, 0.1) is 21.0 Å². The van der Waals surface area contributed by atoms with Crippen LogP contribution in [0.4, 0.5) is 11.4 Å². The van der Waals surface area contributed by atoms with Crippen LogP contribution in [0.5, 0.6) is 0 Å². The smallest absolute Gasteiger partial charge is 0.264 e. The molecule has 0 unspecified atom stereocenters. The normalized spacial score (nSPS) is 16.9. The number of rotatable bonds is 3. The van der Waals surface area contributed by atoms with Gasteiger partial charge in [-0.3, -0.25) is 4.79 Å². The Morgan fingerprint density at radius 2 is 1.74 bits per heavy atom. The van der Waals surface area contributed by atoms with E-state index >= 15 is 0 Å². The maximum absolute atomic E-state index is 12.4. The van der Waals surface area contributed by atoms with Crippen molar-refractivity contribution in [3.63, 3.8) is 0 Å². The number of amides is 1. The number of nitrogens with zero attached hydrogens (tertiary/aromatic N) is 1. The van der Waals surface area contributed by atoms with Crippen LogP contribution in [0.2, 0.25) is 0 Å². The molecule has 8 heteroatoms. The number of halogens is 3. The number of amidine groups is 1. The van der Waals surface area contributed by atoms with E-state index in [1.165, 1.54) is 11.8 Å². The van der Waals surface area contributed by atoms with Crippen molar-refractivity contribution in [2.24, 2.45) is 4.99 Å². The maximum atomic E-state index is 12.4. The number of hydrogen-bond acceptors (Lipinski definition) is 4. The van der Waals surface area contributed by atoms with Gasteiger partial charge in [0.1, 0.15) is 0 Å². The molecule has 1 saturated heterocycles. The molecule has 1 aliphatic rings. The summed E-state index contributed by atoms with van der Waals surface area (Å²) in [7, 11) is 1.91. The number of anilines is 1. The van der Waals surface area contributed by atoms with Crippen molar-refractivity contribution in [2.45, 2.75) is 13.8 Å². The van der Waals surface area contributed by atoms with Gasteiger partial charge in [-0.2, -0.15) is 0 Å². The van der Waals surface area contributed by atoms with E-state index in [2.05, 4.69) is 88.9 Å². The Morgan fingerprint density at radius 3 is 2.30 bits per heavy atom. The summed E-state index contributed by atoms with van der Waals surface area (Å²) in [5.74, 6) is -0.119. The fourth-order valence-corrected chi connectivity index (χ4v) is 6.08. The molecule has 1 fully saturated rings. The van der Waals surface area contributed by atoms with E-state index in [9.17, 15) is 4.79 Å². The molecule has 1 aliphatic heterocycles. The van der Waals surface area contributed by atoms with Gasteiger partial charge in [-0.25, -0.2) is 4.99 Å². The van der Waals surface area contributed by atoms with Gasteiger partial charge in [0.25, 0.3) is 5.91 Å². The van der Waals surface area contributed by atoms with E-state index in [-0.39, 0.29) is 5.91 Å². The lowest BCUT2D eigenvalue weighted by Gasteiger charge is -2.08. The van der Waals surface area contributed by atoms with Gasteiger partial charge in [-0.15, -0.1) is 0 Å². The summed E-state index contributed by atoms with van der Waals surface area (Å²) in [6.07, 6.45) is 1.91. The highest BCUT2D eigenvalue weighted by Gasteiger charge is 2.24. The molecule has 0 bridgehead atoms. The maximum Gasteiger partial charge on any atom is 0.264 e. The van der Waals surface area contributed by atoms with E-state index in [0.29, 0.717) is 10.1 Å². The van der Waals surface area contributed by atoms with Crippen LogP contribution in [-0.4, -0.2) is 18.1 Å². The van der Waals surface area contributed by atoms with Crippen molar-refractivity contribution < 1.29 is 4.79 Å². The topological polar surface area (TPSA) is 53.5 Å². The van der Waals surface area contributed by atoms with E-state index in [1.807, 2.05) is 39.1 Å². The fraction of sp³-hybridized carbons (Fsp3) is 0.158. The van der Waals surface area contributed by atoms with Crippen molar-refractivity contribution in [3.05, 3.63) is 57.5 Å². The summed E-state index contributed by atoms with van der Waals surface area (Å²) in [6, 6.07) is 8.12. The molecule has 0 radical (unpaired) electrons. The summed E-state index contributed by atoms with van der Waals surface area (Å²) in [5.41, 5.74) is 5.17. The van der Waals surface area contributed by atoms with Gasteiger partial charge in [0, 0.05) is 18.7 Å². The largest absolute Gasteiger partial charge is 0.386 e. The summed E-state index contributed by atoms with van der Waals surface area (Å²) in [4.78, 5) is 17.6. The molecule has 1 heterocycles. The fourth-order valence-electron chi connectivity index (χ4n) is 2.65. The van der Waals surface area contributed by atoms with Crippen molar-refractivity contribution in [3.8, 4) is 0 Å². The van der Waals surface area contributed by atoms with Crippen molar-refractivity contribution in [1.29, 1.82) is 0 Å². The Balaban J connectivity index is 1.89. The summed E-state index contributed by atoms with van der Waals surface area (Å²) in [6.45, 7) is 4.06. The number of thioether (sulfide) groups is 1. The summed E-state index contributed by atoms with van der Waals surface area (Å²) < 4.78 is 3.32. The van der Waals surface area contributed by atoms with Crippen LogP contribution in [0.1, 0.15) is 16.7 Å². The lowest BCUT2D eigenvalue weighted by atomic mass is 10.1. The summed E-state index contributed by atoms with van der Waals surface area (Å²) in [5, 5.41) is 6.65. The molecule has 0 atom stereocenters. The first kappa shape index (κ1) is 21.1. The second-order valence-electron chi connectivity index (χ2n) is 5.98. The second-order valence-corrected chi connectivity index (χ2v) is 10.1. The van der Waals surface area contributed by atoms with Crippen LogP contribution in [0.25, 0.3) is 6.08 Å². The zero-order valence-corrected chi connectivity index (χ0v) is 21.5. The van der Waals surface area contributed by atoms with Crippen molar-refractivity contribution in [2.75, 3.05) is 12.4 Å². The van der Waals surface area contributed by atoms with Gasteiger partial charge in [-0.05, 0) is 118 Å². The first-order valence-electron chi connectivity index (χ1n) is 8.01. The molecule has 2 aromatic rings. The molecule has 0 aromatic heterocycles.